The molecule has 0 amide bonds. The predicted octanol–water partition coefficient (Wildman–Crippen LogP) is 4.79. The molecule has 1 saturated carbocycles. The quantitative estimate of drug-likeness (QED) is 0.656. The van der Waals surface area contributed by atoms with Crippen LogP contribution in [0.5, 0.6) is 0 Å². The second kappa shape index (κ2) is 7.96. The highest BCUT2D eigenvalue weighted by molar-refractivity contribution is 5.99. The van der Waals surface area contributed by atoms with E-state index in [4.69, 9.17) is 13.9 Å². The lowest BCUT2D eigenvalue weighted by atomic mass is 9.53. The Morgan fingerprint density at radius 1 is 1.31 bits per heavy atom. The third-order valence-corrected chi connectivity index (χ3v) is 7.20. The van der Waals surface area contributed by atoms with E-state index < -0.39 is 17.5 Å². The summed E-state index contributed by atoms with van der Waals surface area (Å²) < 4.78 is 17.2. The Balaban J connectivity index is 1.95. The normalized spacial score (nSPS) is 32.1. The van der Waals surface area contributed by atoms with Crippen molar-refractivity contribution in [3.63, 3.8) is 0 Å². The fourth-order valence-electron chi connectivity index (χ4n) is 5.04. The Bertz CT molecular complexity index is 808. The van der Waals surface area contributed by atoms with Crippen molar-refractivity contribution >= 4 is 17.7 Å². The average Bonchev–Trinajstić information content (AvgIpc) is 3.03. The number of esters is 2. The van der Waals surface area contributed by atoms with Gasteiger partial charge < -0.3 is 13.9 Å². The molecule has 1 heterocycles. The molecule has 0 bridgehead atoms. The largest absolute Gasteiger partial charge is 0.462 e. The van der Waals surface area contributed by atoms with E-state index in [2.05, 4.69) is 6.92 Å². The lowest BCUT2D eigenvalue weighted by Gasteiger charge is -2.53. The highest BCUT2D eigenvalue weighted by Gasteiger charge is 2.61. The number of fused-ring (bicyclic) bond motifs is 2. The Labute approximate surface area is 172 Å². The number of Topliss-reactive ketones (excluding diaryl/α,β-unsaturated/α-hetero) is 1. The van der Waals surface area contributed by atoms with E-state index in [-0.39, 0.29) is 35.6 Å². The first kappa shape index (κ1) is 21.6. The van der Waals surface area contributed by atoms with Crippen molar-refractivity contribution < 1.29 is 28.3 Å². The van der Waals surface area contributed by atoms with Crippen LogP contribution in [0.1, 0.15) is 88.1 Å². The SMILES string of the molecule is CCC(C)CC(=O)OC1CCC2C(=O)c3occ(C)c3C(OC(C)=O)C2(C)C1C. The average molecular weight is 405 g/mol. The summed E-state index contributed by atoms with van der Waals surface area (Å²) in [6, 6.07) is 0. The number of rotatable bonds is 5. The highest BCUT2D eigenvalue weighted by Crippen LogP contribution is 2.59. The fourth-order valence-corrected chi connectivity index (χ4v) is 5.04. The van der Waals surface area contributed by atoms with Gasteiger partial charge in [0.2, 0.25) is 5.78 Å². The molecule has 2 aliphatic carbocycles. The molecule has 160 valence electrons. The molecule has 6 unspecified atom stereocenters. The van der Waals surface area contributed by atoms with E-state index in [1.807, 2.05) is 27.7 Å². The van der Waals surface area contributed by atoms with Gasteiger partial charge in [0.05, 0.1) is 6.26 Å². The van der Waals surface area contributed by atoms with Crippen LogP contribution in [0.4, 0.5) is 0 Å². The van der Waals surface area contributed by atoms with Crippen molar-refractivity contribution in [2.24, 2.45) is 23.2 Å². The molecular formula is C23H32O6. The van der Waals surface area contributed by atoms with E-state index in [0.29, 0.717) is 30.6 Å². The van der Waals surface area contributed by atoms with Gasteiger partial charge in [0, 0.05) is 36.2 Å². The van der Waals surface area contributed by atoms with Crippen LogP contribution in [-0.4, -0.2) is 23.8 Å². The van der Waals surface area contributed by atoms with Crippen molar-refractivity contribution in [1.29, 1.82) is 0 Å². The molecule has 3 rings (SSSR count). The molecule has 29 heavy (non-hydrogen) atoms. The van der Waals surface area contributed by atoms with Crippen molar-refractivity contribution in [3.05, 3.63) is 23.2 Å². The van der Waals surface area contributed by atoms with Crippen LogP contribution in [0, 0.1) is 30.1 Å². The molecular weight excluding hydrogens is 372 g/mol. The molecule has 6 heteroatoms. The second-order valence-electron chi connectivity index (χ2n) is 9.05. The Morgan fingerprint density at radius 3 is 2.62 bits per heavy atom. The first-order valence-corrected chi connectivity index (χ1v) is 10.6. The molecule has 0 spiro atoms. The molecule has 1 aromatic rings. The summed E-state index contributed by atoms with van der Waals surface area (Å²) in [5, 5.41) is 0. The first-order chi connectivity index (χ1) is 13.6. The fraction of sp³-hybridized carbons (Fsp3) is 0.696. The minimum Gasteiger partial charge on any atom is -0.462 e. The predicted molar refractivity (Wildman–Crippen MR) is 106 cm³/mol. The Morgan fingerprint density at radius 2 is 2.00 bits per heavy atom. The Kier molecular flexibility index (Phi) is 5.93. The summed E-state index contributed by atoms with van der Waals surface area (Å²) in [4.78, 5) is 37.6. The minimum absolute atomic E-state index is 0.0461. The van der Waals surface area contributed by atoms with Crippen molar-refractivity contribution in [3.8, 4) is 0 Å². The van der Waals surface area contributed by atoms with Gasteiger partial charge in [-0.25, -0.2) is 0 Å². The topological polar surface area (TPSA) is 82.8 Å². The summed E-state index contributed by atoms with van der Waals surface area (Å²) in [6.07, 6.45) is 3.11. The number of aryl methyl sites for hydroxylation is 1. The maximum Gasteiger partial charge on any atom is 0.306 e. The number of ketones is 1. The molecule has 0 N–H and O–H groups in total. The molecule has 6 nitrogen and oxygen atoms in total. The maximum absolute atomic E-state index is 13.2. The second-order valence-corrected chi connectivity index (χ2v) is 9.05. The van der Waals surface area contributed by atoms with Gasteiger partial charge in [0.15, 0.2) is 5.76 Å². The van der Waals surface area contributed by atoms with Crippen molar-refractivity contribution in [1.82, 2.24) is 0 Å². The molecule has 0 aromatic carbocycles. The van der Waals surface area contributed by atoms with Crippen LogP contribution in [-0.2, 0) is 19.1 Å². The van der Waals surface area contributed by atoms with Gasteiger partial charge in [0.1, 0.15) is 12.2 Å². The van der Waals surface area contributed by atoms with Crippen LogP contribution in [0.3, 0.4) is 0 Å². The van der Waals surface area contributed by atoms with E-state index in [0.717, 1.165) is 12.0 Å². The summed E-state index contributed by atoms with van der Waals surface area (Å²) >= 11 is 0. The van der Waals surface area contributed by atoms with Crippen LogP contribution in [0.2, 0.25) is 0 Å². The number of carbonyl (C=O) groups excluding carboxylic acids is 3. The van der Waals surface area contributed by atoms with Gasteiger partial charge in [-0.3, -0.25) is 14.4 Å². The summed E-state index contributed by atoms with van der Waals surface area (Å²) in [5.74, 6) is -0.581. The number of ether oxygens (including phenoxy) is 2. The van der Waals surface area contributed by atoms with Crippen LogP contribution < -0.4 is 0 Å². The van der Waals surface area contributed by atoms with Crippen molar-refractivity contribution in [2.45, 2.75) is 79.4 Å². The summed E-state index contributed by atoms with van der Waals surface area (Å²) in [6.45, 7) is 11.3. The van der Waals surface area contributed by atoms with E-state index >= 15 is 0 Å². The molecule has 6 atom stereocenters. The van der Waals surface area contributed by atoms with Crippen LogP contribution in [0.25, 0.3) is 0 Å². The number of carbonyl (C=O) groups is 3. The van der Waals surface area contributed by atoms with Crippen LogP contribution >= 0.6 is 0 Å². The summed E-state index contributed by atoms with van der Waals surface area (Å²) in [7, 11) is 0. The molecule has 0 saturated heterocycles. The van der Waals surface area contributed by atoms with Gasteiger partial charge in [-0.15, -0.1) is 0 Å². The molecule has 0 radical (unpaired) electrons. The van der Waals surface area contributed by atoms with E-state index in [9.17, 15) is 14.4 Å². The van der Waals surface area contributed by atoms with E-state index in [1.54, 1.807) is 6.26 Å². The zero-order valence-corrected chi connectivity index (χ0v) is 18.2. The molecule has 1 aromatic heterocycles. The Hall–Kier alpha value is -2.11. The first-order valence-electron chi connectivity index (χ1n) is 10.6. The van der Waals surface area contributed by atoms with Gasteiger partial charge in [-0.1, -0.05) is 34.1 Å². The van der Waals surface area contributed by atoms with Gasteiger partial charge in [0.25, 0.3) is 0 Å². The van der Waals surface area contributed by atoms with E-state index in [1.165, 1.54) is 6.92 Å². The standard InChI is InChI=1S/C23H32O6/c1-7-12(2)10-18(25)29-17-9-8-16-20(26)21-19(13(3)11-27-21)22(28-15(5)24)23(16,6)14(17)4/h11-12,14,16-17,22H,7-10H2,1-6H3. The smallest absolute Gasteiger partial charge is 0.306 e. The number of hydrogen-bond acceptors (Lipinski definition) is 6. The van der Waals surface area contributed by atoms with Crippen LogP contribution in [0.15, 0.2) is 10.7 Å². The monoisotopic (exact) mass is 404 g/mol. The lowest BCUT2D eigenvalue weighted by molar-refractivity contribution is -0.181. The third-order valence-electron chi connectivity index (χ3n) is 7.20. The number of furan rings is 1. The highest BCUT2D eigenvalue weighted by atomic mass is 16.6. The number of hydrogen-bond donors (Lipinski definition) is 0. The van der Waals surface area contributed by atoms with Crippen molar-refractivity contribution in [2.75, 3.05) is 0 Å². The van der Waals surface area contributed by atoms with Gasteiger partial charge in [-0.05, 0) is 31.2 Å². The van der Waals surface area contributed by atoms with Gasteiger partial charge >= 0.3 is 11.9 Å². The zero-order chi connectivity index (χ0) is 21.5. The molecule has 2 aliphatic rings. The summed E-state index contributed by atoms with van der Waals surface area (Å²) in [5.41, 5.74) is 0.772. The molecule has 0 aliphatic heterocycles. The third kappa shape index (κ3) is 3.62. The lowest BCUT2D eigenvalue weighted by Crippen LogP contribution is -2.55. The maximum atomic E-state index is 13.2. The molecule has 1 fully saturated rings. The van der Waals surface area contributed by atoms with Gasteiger partial charge in [-0.2, -0.15) is 0 Å². The minimum atomic E-state index is -0.677. The zero-order valence-electron chi connectivity index (χ0n) is 18.2.